The largest absolute Gasteiger partial charge is 0.481 e. The highest BCUT2D eigenvalue weighted by molar-refractivity contribution is 7.99. The number of hydrogen-bond donors (Lipinski definition) is 1. The van der Waals surface area contributed by atoms with Crippen LogP contribution in [0.4, 0.5) is 0 Å². The van der Waals surface area contributed by atoms with Gasteiger partial charge in [-0.25, -0.2) is 0 Å². The van der Waals surface area contributed by atoms with Gasteiger partial charge in [-0.1, -0.05) is 13.8 Å². The van der Waals surface area contributed by atoms with Crippen molar-refractivity contribution in [2.45, 2.75) is 19.1 Å². The van der Waals surface area contributed by atoms with Crippen LogP contribution >= 0.6 is 11.8 Å². The van der Waals surface area contributed by atoms with Gasteiger partial charge >= 0.3 is 5.97 Å². The van der Waals surface area contributed by atoms with Gasteiger partial charge in [-0.2, -0.15) is 11.8 Å². The van der Waals surface area contributed by atoms with E-state index in [4.69, 9.17) is 9.84 Å². The maximum atomic E-state index is 10.4. The van der Waals surface area contributed by atoms with Gasteiger partial charge in [0.2, 0.25) is 0 Å². The lowest BCUT2D eigenvalue weighted by Crippen LogP contribution is -2.15. The summed E-state index contributed by atoms with van der Waals surface area (Å²) < 4.78 is 4.93. The van der Waals surface area contributed by atoms with E-state index in [0.29, 0.717) is 17.6 Å². The minimum Gasteiger partial charge on any atom is -0.481 e. The Morgan fingerprint density at radius 2 is 2.17 bits per heavy atom. The fourth-order valence-electron chi connectivity index (χ4n) is 0.663. The van der Waals surface area contributed by atoms with Gasteiger partial charge in [-0.3, -0.25) is 4.79 Å². The molecule has 0 aliphatic heterocycles. The molecule has 0 heterocycles. The van der Waals surface area contributed by atoms with Crippen molar-refractivity contribution in [1.82, 2.24) is 0 Å². The van der Waals surface area contributed by atoms with E-state index >= 15 is 0 Å². The molecule has 2 atom stereocenters. The number of carbonyl (C=O) groups is 1. The minimum atomic E-state index is -0.730. The zero-order valence-electron chi connectivity index (χ0n) is 7.74. The minimum absolute atomic E-state index is 0.269. The van der Waals surface area contributed by atoms with Crippen LogP contribution in [-0.2, 0) is 9.53 Å². The first-order valence-electron chi connectivity index (χ1n) is 3.91. The Morgan fingerprint density at radius 3 is 2.58 bits per heavy atom. The molecule has 0 saturated carbocycles. The molecule has 0 bridgehead atoms. The molecule has 72 valence electrons. The average molecular weight is 192 g/mol. The van der Waals surface area contributed by atoms with Crippen LogP contribution in [-0.4, -0.2) is 35.8 Å². The van der Waals surface area contributed by atoms with Crippen molar-refractivity contribution in [1.29, 1.82) is 0 Å². The normalized spacial score (nSPS) is 15.6. The summed E-state index contributed by atoms with van der Waals surface area (Å²) in [7, 11) is 1.65. The zero-order valence-corrected chi connectivity index (χ0v) is 8.56. The number of thioether (sulfide) groups is 1. The SMILES string of the molecule is COCC(C)SCC(C)C(=O)O. The summed E-state index contributed by atoms with van der Waals surface area (Å²) in [5, 5.41) is 8.95. The molecule has 1 N–H and O–H groups in total. The van der Waals surface area contributed by atoms with Crippen LogP contribution in [0.3, 0.4) is 0 Å². The van der Waals surface area contributed by atoms with Gasteiger partial charge in [0.15, 0.2) is 0 Å². The predicted molar refractivity (Wildman–Crippen MR) is 50.6 cm³/mol. The lowest BCUT2D eigenvalue weighted by molar-refractivity contribution is -0.140. The molecular formula is C8H16O3S. The lowest BCUT2D eigenvalue weighted by Gasteiger charge is -2.11. The van der Waals surface area contributed by atoms with E-state index in [1.165, 1.54) is 0 Å². The van der Waals surface area contributed by atoms with E-state index in [1.807, 2.05) is 6.92 Å². The first kappa shape index (κ1) is 11.8. The van der Waals surface area contributed by atoms with E-state index in [-0.39, 0.29) is 5.92 Å². The van der Waals surface area contributed by atoms with Gasteiger partial charge in [-0.15, -0.1) is 0 Å². The number of carboxylic acid groups (broad SMARTS) is 1. The summed E-state index contributed by atoms with van der Waals surface area (Å²) >= 11 is 1.63. The maximum absolute atomic E-state index is 10.4. The standard InChI is InChI=1S/C8H16O3S/c1-6(8(9)10)5-12-7(2)4-11-3/h6-7H,4-5H2,1-3H3,(H,9,10). The number of ether oxygens (including phenoxy) is 1. The van der Waals surface area contributed by atoms with Crippen LogP contribution < -0.4 is 0 Å². The van der Waals surface area contributed by atoms with E-state index in [2.05, 4.69) is 0 Å². The molecule has 0 spiro atoms. The fourth-order valence-corrected chi connectivity index (χ4v) is 1.65. The molecule has 0 aromatic rings. The summed E-state index contributed by atoms with van der Waals surface area (Å²) in [6.07, 6.45) is 0. The second-order valence-corrected chi connectivity index (χ2v) is 4.31. The number of methoxy groups -OCH3 is 1. The highest BCUT2D eigenvalue weighted by Crippen LogP contribution is 2.14. The monoisotopic (exact) mass is 192 g/mol. The molecule has 4 heteroatoms. The summed E-state index contributed by atoms with van der Waals surface area (Å²) in [6.45, 7) is 4.43. The number of carboxylic acids is 1. The van der Waals surface area contributed by atoms with Crippen LogP contribution in [0.25, 0.3) is 0 Å². The van der Waals surface area contributed by atoms with Crippen molar-refractivity contribution in [2.75, 3.05) is 19.5 Å². The third-order valence-corrected chi connectivity index (χ3v) is 2.85. The van der Waals surface area contributed by atoms with Crippen LogP contribution in [0.1, 0.15) is 13.8 Å². The number of aliphatic carboxylic acids is 1. The molecular weight excluding hydrogens is 176 g/mol. The van der Waals surface area contributed by atoms with Gasteiger partial charge < -0.3 is 9.84 Å². The summed E-state index contributed by atoms with van der Waals surface area (Å²) in [5.74, 6) is -0.346. The molecule has 0 aliphatic carbocycles. The van der Waals surface area contributed by atoms with Gasteiger partial charge in [0, 0.05) is 18.1 Å². The molecule has 3 nitrogen and oxygen atoms in total. The maximum Gasteiger partial charge on any atom is 0.307 e. The van der Waals surface area contributed by atoms with Crippen molar-refractivity contribution in [3.8, 4) is 0 Å². The van der Waals surface area contributed by atoms with Crippen molar-refractivity contribution < 1.29 is 14.6 Å². The molecule has 0 radical (unpaired) electrons. The second-order valence-electron chi connectivity index (χ2n) is 2.84. The zero-order chi connectivity index (χ0) is 9.56. The van der Waals surface area contributed by atoms with Gasteiger partial charge in [0.05, 0.1) is 12.5 Å². The van der Waals surface area contributed by atoms with Gasteiger partial charge in [0.1, 0.15) is 0 Å². The molecule has 0 saturated heterocycles. The summed E-state index contributed by atoms with van der Waals surface area (Å²) in [4.78, 5) is 10.4. The molecule has 0 rings (SSSR count). The lowest BCUT2D eigenvalue weighted by atomic mass is 10.2. The molecule has 2 unspecified atom stereocenters. The average Bonchev–Trinajstić information content (AvgIpc) is 2.00. The highest BCUT2D eigenvalue weighted by Gasteiger charge is 2.12. The second kappa shape index (κ2) is 6.31. The molecule has 0 aliphatic rings. The Morgan fingerprint density at radius 1 is 1.58 bits per heavy atom. The Hall–Kier alpha value is -0.220. The highest BCUT2D eigenvalue weighted by atomic mass is 32.2. The molecule has 12 heavy (non-hydrogen) atoms. The smallest absolute Gasteiger partial charge is 0.307 e. The molecule has 0 aromatic carbocycles. The third-order valence-electron chi connectivity index (χ3n) is 1.45. The first-order chi connectivity index (χ1) is 5.57. The van der Waals surface area contributed by atoms with E-state index in [9.17, 15) is 4.79 Å². The quantitative estimate of drug-likeness (QED) is 0.692. The number of rotatable bonds is 6. The van der Waals surface area contributed by atoms with E-state index < -0.39 is 5.97 Å². The van der Waals surface area contributed by atoms with Crippen LogP contribution in [0, 0.1) is 5.92 Å². The molecule has 0 amide bonds. The number of hydrogen-bond acceptors (Lipinski definition) is 3. The van der Waals surface area contributed by atoms with Crippen LogP contribution in [0.15, 0.2) is 0 Å². The Kier molecular flexibility index (Phi) is 6.20. The van der Waals surface area contributed by atoms with Crippen LogP contribution in [0.5, 0.6) is 0 Å². The first-order valence-corrected chi connectivity index (χ1v) is 4.96. The Bertz CT molecular complexity index is 138. The topological polar surface area (TPSA) is 46.5 Å². The Balaban J connectivity index is 3.46. The third kappa shape index (κ3) is 5.43. The Labute approximate surface area is 77.5 Å². The van der Waals surface area contributed by atoms with Crippen molar-refractivity contribution >= 4 is 17.7 Å². The fraction of sp³-hybridized carbons (Fsp3) is 0.875. The van der Waals surface area contributed by atoms with E-state index in [0.717, 1.165) is 0 Å². The molecule has 0 fully saturated rings. The van der Waals surface area contributed by atoms with Gasteiger partial charge in [-0.05, 0) is 0 Å². The summed E-state index contributed by atoms with van der Waals surface area (Å²) in [6, 6.07) is 0. The van der Waals surface area contributed by atoms with E-state index in [1.54, 1.807) is 25.8 Å². The predicted octanol–water partition coefficient (Wildman–Crippen LogP) is 1.48. The molecule has 0 aromatic heterocycles. The van der Waals surface area contributed by atoms with Gasteiger partial charge in [0.25, 0.3) is 0 Å². The van der Waals surface area contributed by atoms with Crippen molar-refractivity contribution in [3.05, 3.63) is 0 Å². The summed E-state index contributed by atoms with van der Waals surface area (Å²) in [5.41, 5.74) is 0. The van der Waals surface area contributed by atoms with Crippen molar-refractivity contribution in [3.63, 3.8) is 0 Å². The van der Waals surface area contributed by atoms with Crippen LogP contribution in [0.2, 0.25) is 0 Å². The van der Waals surface area contributed by atoms with Crippen molar-refractivity contribution in [2.24, 2.45) is 5.92 Å².